The summed E-state index contributed by atoms with van der Waals surface area (Å²) in [7, 11) is 3.92. The van der Waals surface area contributed by atoms with Crippen LogP contribution in [-0.4, -0.2) is 20.0 Å². The van der Waals surface area contributed by atoms with Gasteiger partial charge in [0, 0.05) is 25.5 Å². The fourth-order valence-electron chi connectivity index (χ4n) is 2.09. The van der Waals surface area contributed by atoms with Crippen molar-refractivity contribution >= 4 is 23.4 Å². The van der Waals surface area contributed by atoms with E-state index in [2.05, 4.69) is 5.32 Å². The molecular weight excluding hydrogens is 286 g/mol. The summed E-state index contributed by atoms with van der Waals surface area (Å²) in [6, 6.07) is 17.1. The van der Waals surface area contributed by atoms with E-state index in [0.717, 1.165) is 16.8 Å². The lowest BCUT2D eigenvalue weighted by Gasteiger charge is -2.12. The number of para-hydroxylation sites is 1. The van der Waals surface area contributed by atoms with Crippen molar-refractivity contribution in [1.82, 2.24) is 0 Å². The lowest BCUT2D eigenvalue weighted by atomic mass is 10.1. The number of carbonyl (C=O) groups is 1. The van der Waals surface area contributed by atoms with E-state index >= 15 is 0 Å². The highest BCUT2D eigenvalue weighted by Gasteiger charge is 2.10. The zero-order valence-corrected chi connectivity index (χ0v) is 13.5. The Morgan fingerprint density at radius 1 is 1.13 bits per heavy atom. The van der Waals surface area contributed by atoms with E-state index in [9.17, 15) is 10.1 Å². The number of rotatable bonds is 4. The van der Waals surface area contributed by atoms with E-state index in [1.54, 1.807) is 6.08 Å². The molecule has 0 aliphatic heterocycles. The number of amides is 1. The SMILES string of the molecule is Cc1ccccc1NC(=O)/C(C#N)=C/c1ccc(N(C)C)cc1. The van der Waals surface area contributed by atoms with E-state index in [1.807, 2.05) is 80.5 Å². The molecule has 0 radical (unpaired) electrons. The third-order valence-electron chi connectivity index (χ3n) is 3.48. The minimum atomic E-state index is -0.404. The summed E-state index contributed by atoms with van der Waals surface area (Å²) in [6.07, 6.45) is 1.59. The van der Waals surface area contributed by atoms with Crippen LogP contribution in [0.4, 0.5) is 11.4 Å². The second-order valence-electron chi connectivity index (χ2n) is 5.42. The third kappa shape index (κ3) is 4.21. The minimum Gasteiger partial charge on any atom is -0.378 e. The second-order valence-corrected chi connectivity index (χ2v) is 5.42. The van der Waals surface area contributed by atoms with Gasteiger partial charge in [0.2, 0.25) is 0 Å². The van der Waals surface area contributed by atoms with Gasteiger partial charge in [-0.05, 0) is 42.3 Å². The summed E-state index contributed by atoms with van der Waals surface area (Å²) < 4.78 is 0. The van der Waals surface area contributed by atoms with Gasteiger partial charge in [-0.25, -0.2) is 0 Å². The van der Waals surface area contributed by atoms with Crippen LogP contribution < -0.4 is 10.2 Å². The van der Waals surface area contributed by atoms with Crippen molar-refractivity contribution in [2.24, 2.45) is 0 Å². The van der Waals surface area contributed by atoms with Gasteiger partial charge in [-0.15, -0.1) is 0 Å². The van der Waals surface area contributed by atoms with Crippen LogP contribution in [0.1, 0.15) is 11.1 Å². The molecule has 1 amide bonds. The average molecular weight is 305 g/mol. The molecule has 0 aromatic heterocycles. The van der Waals surface area contributed by atoms with Gasteiger partial charge < -0.3 is 10.2 Å². The number of nitriles is 1. The van der Waals surface area contributed by atoms with Crippen molar-refractivity contribution < 1.29 is 4.79 Å². The molecule has 0 heterocycles. The molecule has 0 unspecified atom stereocenters. The van der Waals surface area contributed by atoms with E-state index in [0.29, 0.717) is 5.69 Å². The molecule has 4 nitrogen and oxygen atoms in total. The van der Waals surface area contributed by atoms with Crippen molar-refractivity contribution in [3.63, 3.8) is 0 Å². The summed E-state index contributed by atoms with van der Waals surface area (Å²) >= 11 is 0. The van der Waals surface area contributed by atoms with Crippen molar-refractivity contribution in [2.45, 2.75) is 6.92 Å². The molecule has 23 heavy (non-hydrogen) atoms. The number of hydrogen-bond acceptors (Lipinski definition) is 3. The first-order valence-electron chi connectivity index (χ1n) is 7.27. The largest absolute Gasteiger partial charge is 0.378 e. The highest BCUT2D eigenvalue weighted by atomic mass is 16.1. The predicted molar refractivity (Wildman–Crippen MR) is 94.2 cm³/mol. The highest BCUT2D eigenvalue weighted by Crippen LogP contribution is 2.17. The number of hydrogen-bond donors (Lipinski definition) is 1. The average Bonchev–Trinajstić information content (AvgIpc) is 2.55. The minimum absolute atomic E-state index is 0.0749. The van der Waals surface area contributed by atoms with Crippen LogP contribution in [0.3, 0.4) is 0 Å². The Hall–Kier alpha value is -3.06. The standard InChI is InChI=1S/C19H19N3O/c1-14-6-4-5-7-18(14)21-19(23)16(13-20)12-15-8-10-17(11-9-15)22(2)3/h4-12H,1-3H3,(H,21,23)/b16-12+. The summed E-state index contributed by atoms with van der Waals surface area (Å²) in [5.41, 5.74) is 3.61. The quantitative estimate of drug-likeness (QED) is 0.693. The molecule has 0 aliphatic rings. The molecule has 1 N–H and O–H groups in total. The molecule has 0 fully saturated rings. The Balaban J connectivity index is 2.20. The van der Waals surface area contributed by atoms with Gasteiger partial charge in [0.1, 0.15) is 11.6 Å². The molecule has 2 aromatic rings. The zero-order chi connectivity index (χ0) is 16.8. The van der Waals surface area contributed by atoms with Crippen molar-refractivity contribution in [2.75, 3.05) is 24.3 Å². The topological polar surface area (TPSA) is 56.1 Å². The van der Waals surface area contributed by atoms with Gasteiger partial charge >= 0.3 is 0 Å². The summed E-state index contributed by atoms with van der Waals surface area (Å²) in [4.78, 5) is 14.3. The smallest absolute Gasteiger partial charge is 0.266 e. The fourth-order valence-corrected chi connectivity index (χ4v) is 2.09. The van der Waals surface area contributed by atoms with Crippen LogP contribution in [0.15, 0.2) is 54.1 Å². The number of nitrogens with one attached hydrogen (secondary N) is 1. The summed E-state index contributed by atoms with van der Waals surface area (Å²) in [6.45, 7) is 1.91. The first kappa shape index (κ1) is 16.3. The molecule has 0 saturated carbocycles. The second kappa shape index (κ2) is 7.28. The van der Waals surface area contributed by atoms with Gasteiger partial charge in [0.15, 0.2) is 0 Å². The van der Waals surface area contributed by atoms with E-state index in [1.165, 1.54) is 0 Å². The van der Waals surface area contributed by atoms with Crippen LogP contribution in [0.5, 0.6) is 0 Å². The monoisotopic (exact) mass is 305 g/mol. The fraction of sp³-hybridized carbons (Fsp3) is 0.158. The first-order valence-corrected chi connectivity index (χ1v) is 7.27. The molecule has 2 aromatic carbocycles. The van der Waals surface area contributed by atoms with Crippen LogP contribution in [-0.2, 0) is 4.79 Å². The van der Waals surface area contributed by atoms with Gasteiger partial charge in [0.25, 0.3) is 5.91 Å². The molecular formula is C19H19N3O. The summed E-state index contributed by atoms with van der Waals surface area (Å²) in [5, 5.41) is 12.0. The molecule has 0 bridgehead atoms. The van der Waals surface area contributed by atoms with Crippen LogP contribution >= 0.6 is 0 Å². The third-order valence-corrected chi connectivity index (χ3v) is 3.48. The number of anilines is 2. The molecule has 0 spiro atoms. The van der Waals surface area contributed by atoms with Crippen LogP contribution in [0.2, 0.25) is 0 Å². The lowest BCUT2D eigenvalue weighted by molar-refractivity contribution is -0.112. The van der Waals surface area contributed by atoms with Gasteiger partial charge in [-0.1, -0.05) is 30.3 Å². The van der Waals surface area contributed by atoms with Gasteiger partial charge in [-0.2, -0.15) is 5.26 Å². The number of aryl methyl sites for hydroxylation is 1. The maximum Gasteiger partial charge on any atom is 0.266 e. The van der Waals surface area contributed by atoms with Crippen LogP contribution in [0, 0.1) is 18.3 Å². The van der Waals surface area contributed by atoms with Crippen LogP contribution in [0.25, 0.3) is 6.08 Å². The molecule has 0 saturated heterocycles. The summed E-state index contributed by atoms with van der Waals surface area (Å²) in [5.74, 6) is -0.404. The zero-order valence-electron chi connectivity index (χ0n) is 13.5. The van der Waals surface area contributed by atoms with E-state index < -0.39 is 5.91 Å². The maximum absolute atomic E-state index is 12.3. The number of nitrogens with zero attached hydrogens (tertiary/aromatic N) is 2. The molecule has 2 rings (SSSR count). The Morgan fingerprint density at radius 3 is 2.35 bits per heavy atom. The Kier molecular flexibility index (Phi) is 5.16. The molecule has 0 aliphatic carbocycles. The maximum atomic E-state index is 12.3. The number of carbonyl (C=O) groups excluding carboxylic acids is 1. The lowest BCUT2D eigenvalue weighted by Crippen LogP contribution is -2.14. The predicted octanol–water partition coefficient (Wildman–Crippen LogP) is 3.61. The first-order chi connectivity index (χ1) is 11.0. The van der Waals surface area contributed by atoms with Gasteiger partial charge in [-0.3, -0.25) is 4.79 Å². The van der Waals surface area contributed by atoms with Crippen molar-refractivity contribution in [1.29, 1.82) is 5.26 Å². The molecule has 0 atom stereocenters. The Morgan fingerprint density at radius 2 is 1.78 bits per heavy atom. The molecule has 4 heteroatoms. The van der Waals surface area contributed by atoms with Crippen molar-refractivity contribution in [3.05, 3.63) is 65.2 Å². The Bertz CT molecular complexity index is 768. The number of benzene rings is 2. The Labute approximate surface area is 136 Å². The van der Waals surface area contributed by atoms with Gasteiger partial charge in [0.05, 0.1) is 0 Å². The van der Waals surface area contributed by atoms with E-state index in [4.69, 9.17) is 0 Å². The molecule has 116 valence electrons. The highest BCUT2D eigenvalue weighted by molar-refractivity contribution is 6.09. The normalized spacial score (nSPS) is 10.8. The van der Waals surface area contributed by atoms with Crippen molar-refractivity contribution in [3.8, 4) is 6.07 Å². The van der Waals surface area contributed by atoms with E-state index in [-0.39, 0.29) is 5.57 Å².